The van der Waals surface area contributed by atoms with E-state index < -0.39 is 0 Å². The van der Waals surface area contributed by atoms with Crippen LogP contribution in [-0.4, -0.2) is 17.0 Å². The van der Waals surface area contributed by atoms with E-state index >= 15 is 0 Å². The molecule has 2 nitrogen and oxygen atoms in total. The monoisotopic (exact) mass is 318 g/mol. The van der Waals surface area contributed by atoms with Crippen molar-refractivity contribution in [3.05, 3.63) is 0 Å². The molecule has 0 spiro atoms. The van der Waals surface area contributed by atoms with Gasteiger partial charge in [0.25, 0.3) is 0 Å². The van der Waals surface area contributed by atoms with Gasteiger partial charge in [0.1, 0.15) is 5.78 Å². The van der Waals surface area contributed by atoms with Crippen molar-refractivity contribution in [2.45, 2.75) is 84.7 Å². The Labute approximate surface area is 141 Å². The molecule has 0 heterocycles. The number of ketones is 1. The lowest BCUT2D eigenvalue weighted by Crippen LogP contribution is -2.52. The molecule has 0 aromatic rings. The summed E-state index contributed by atoms with van der Waals surface area (Å²) >= 11 is 0. The molecule has 1 N–H and O–H groups in total. The van der Waals surface area contributed by atoms with Crippen LogP contribution in [0.3, 0.4) is 0 Å². The second-order valence-corrected chi connectivity index (χ2v) is 9.88. The van der Waals surface area contributed by atoms with Crippen molar-refractivity contribution in [1.29, 1.82) is 0 Å². The first-order valence-electron chi connectivity index (χ1n) is 10.1. The fourth-order valence-electron chi connectivity index (χ4n) is 7.61. The number of aliphatic hydroxyl groups excluding tert-OH is 1. The molecular weight excluding hydrogens is 284 g/mol. The first kappa shape index (κ1) is 16.1. The van der Waals surface area contributed by atoms with Crippen molar-refractivity contribution >= 4 is 5.78 Å². The van der Waals surface area contributed by atoms with E-state index in [1.54, 1.807) is 0 Å². The van der Waals surface area contributed by atoms with E-state index in [0.717, 1.165) is 49.4 Å². The minimum atomic E-state index is -0.0836. The highest BCUT2D eigenvalue weighted by Crippen LogP contribution is 2.65. The lowest BCUT2D eigenvalue weighted by Gasteiger charge is -2.58. The van der Waals surface area contributed by atoms with E-state index in [9.17, 15) is 9.90 Å². The number of rotatable bonds is 1. The van der Waals surface area contributed by atoms with Crippen molar-refractivity contribution in [2.75, 3.05) is 0 Å². The standard InChI is InChI=1S/C21H34O2/c1-4-13-11-18-16-7-9-20(2)12-14(22)5-6-17(20)15(16)8-10-21(18,3)19(13)23/h13,15-19,23H,4-12H2,1-3H3. The van der Waals surface area contributed by atoms with Gasteiger partial charge in [0.05, 0.1) is 6.10 Å². The SMILES string of the molecule is CCC1CC2C3CCC4(C)CC(=O)CCC4C3CCC2(C)C1O. The summed E-state index contributed by atoms with van der Waals surface area (Å²) in [5, 5.41) is 10.9. The van der Waals surface area contributed by atoms with Gasteiger partial charge in [-0.25, -0.2) is 0 Å². The Hall–Kier alpha value is -0.370. The van der Waals surface area contributed by atoms with Gasteiger partial charge in [-0.3, -0.25) is 4.79 Å². The number of aliphatic hydroxyl groups is 1. The number of carbonyl (C=O) groups is 1. The van der Waals surface area contributed by atoms with Gasteiger partial charge in [-0.05, 0) is 78.9 Å². The molecule has 4 aliphatic carbocycles. The van der Waals surface area contributed by atoms with Gasteiger partial charge in [0.15, 0.2) is 0 Å². The van der Waals surface area contributed by atoms with Crippen molar-refractivity contribution in [2.24, 2.45) is 40.4 Å². The largest absolute Gasteiger partial charge is 0.392 e. The van der Waals surface area contributed by atoms with Gasteiger partial charge in [-0.1, -0.05) is 27.2 Å². The Morgan fingerprint density at radius 1 is 1.09 bits per heavy atom. The Morgan fingerprint density at radius 2 is 1.78 bits per heavy atom. The maximum Gasteiger partial charge on any atom is 0.133 e. The van der Waals surface area contributed by atoms with Gasteiger partial charge in [0.2, 0.25) is 0 Å². The number of fused-ring (bicyclic) bond motifs is 5. The summed E-state index contributed by atoms with van der Waals surface area (Å²) in [6.45, 7) is 7.03. The van der Waals surface area contributed by atoms with Crippen LogP contribution in [0.25, 0.3) is 0 Å². The van der Waals surface area contributed by atoms with Crippen molar-refractivity contribution < 1.29 is 9.90 Å². The predicted octanol–water partition coefficient (Wildman–Crippen LogP) is 4.60. The lowest BCUT2D eigenvalue weighted by atomic mass is 9.46. The molecule has 0 bridgehead atoms. The summed E-state index contributed by atoms with van der Waals surface area (Å²) in [6.07, 6.45) is 10.1. The Morgan fingerprint density at radius 3 is 2.52 bits per heavy atom. The van der Waals surface area contributed by atoms with E-state index in [1.165, 1.54) is 32.1 Å². The molecule has 8 unspecified atom stereocenters. The van der Waals surface area contributed by atoms with Gasteiger partial charge < -0.3 is 5.11 Å². The zero-order chi connectivity index (χ0) is 16.4. The van der Waals surface area contributed by atoms with Crippen LogP contribution in [0, 0.1) is 40.4 Å². The molecular formula is C21H34O2. The van der Waals surface area contributed by atoms with Gasteiger partial charge in [-0.2, -0.15) is 0 Å². The molecule has 0 saturated heterocycles. The molecule has 4 fully saturated rings. The Kier molecular flexibility index (Phi) is 3.72. The zero-order valence-electron chi connectivity index (χ0n) is 15.2. The molecule has 0 amide bonds. The van der Waals surface area contributed by atoms with Crippen LogP contribution in [0.5, 0.6) is 0 Å². The van der Waals surface area contributed by atoms with E-state index in [1.807, 2.05) is 0 Å². The summed E-state index contributed by atoms with van der Waals surface area (Å²) in [7, 11) is 0. The van der Waals surface area contributed by atoms with Crippen LogP contribution in [0.1, 0.15) is 78.6 Å². The van der Waals surface area contributed by atoms with Gasteiger partial charge in [-0.15, -0.1) is 0 Å². The minimum absolute atomic E-state index is 0.0836. The highest BCUT2D eigenvalue weighted by Gasteiger charge is 2.60. The Bertz CT molecular complexity index is 500. The van der Waals surface area contributed by atoms with Gasteiger partial charge >= 0.3 is 0 Å². The molecule has 0 aromatic heterocycles. The van der Waals surface area contributed by atoms with Crippen LogP contribution in [0.15, 0.2) is 0 Å². The second-order valence-electron chi connectivity index (χ2n) is 9.88. The third-order valence-corrected chi connectivity index (χ3v) is 8.93. The fraction of sp³-hybridized carbons (Fsp3) is 0.952. The highest BCUT2D eigenvalue weighted by molar-refractivity contribution is 5.80. The maximum atomic E-state index is 12.0. The topological polar surface area (TPSA) is 37.3 Å². The van der Waals surface area contributed by atoms with Crippen LogP contribution in [0.4, 0.5) is 0 Å². The maximum absolute atomic E-state index is 12.0. The van der Waals surface area contributed by atoms with E-state index in [-0.39, 0.29) is 16.9 Å². The molecule has 23 heavy (non-hydrogen) atoms. The molecule has 4 saturated carbocycles. The number of carbonyl (C=O) groups excluding carboxylic acids is 1. The summed E-state index contributed by atoms with van der Waals surface area (Å²) < 4.78 is 0. The lowest BCUT2D eigenvalue weighted by molar-refractivity contribution is -0.138. The molecule has 2 heteroatoms. The molecule has 4 aliphatic rings. The molecule has 4 rings (SSSR count). The number of hydrogen-bond donors (Lipinski definition) is 1. The van der Waals surface area contributed by atoms with E-state index in [0.29, 0.717) is 11.7 Å². The third kappa shape index (κ3) is 2.19. The number of hydrogen-bond acceptors (Lipinski definition) is 2. The fourth-order valence-corrected chi connectivity index (χ4v) is 7.61. The highest BCUT2D eigenvalue weighted by atomic mass is 16.3. The normalized spacial score (nSPS) is 55.9. The molecule has 0 radical (unpaired) electrons. The first-order chi connectivity index (χ1) is 10.9. The summed E-state index contributed by atoms with van der Waals surface area (Å²) in [5.74, 6) is 4.15. The molecule has 8 atom stereocenters. The van der Waals surface area contributed by atoms with Crippen LogP contribution in [-0.2, 0) is 4.79 Å². The summed E-state index contributed by atoms with van der Waals surface area (Å²) in [5.41, 5.74) is 0.450. The summed E-state index contributed by atoms with van der Waals surface area (Å²) in [6, 6.07) is 0. The Balaban J connectivity index is 1.61. The molecule has 0 aromatic carbocycles. The van der Waals surface area contributed by atoms with E-state index in [2.05, 4.69) is 20.8 Å². The average Bonchev–Trinajstić information content (AvgIpc) is 2.77. The summed E-state index contributed by atoms with van der Waals surface area (Å²) in [4.78, 5) is 12.0. The first-order valence-corrected chi connectivity index (χ1v) is 10.1. The van der Waals surface area contributed by atoms with Crippen LogP contribution < -0.4 is 0 Å². The third-order valence-electron chi connectivity index (χ3n) is 8.93. The van der Waals surface area contributed by atoms with Crippen LogP contribution in [0.2, 0.25) is 0 Å². The van der Waals surface area contributed by atoms with Crippen molar-refractivity contribution in [3.8, 4) is 0 Å². The van der Waals surface area contributed by atoms with Crippen LogP contribution >= 0.6 is 0 Å². The average molecular weight is 319 g/mol. The number of Topliss-reactive ketones (excluding diaryl/α,β-unsaturated/α-hetero) is 1. The van der Waals surface area contributed by atoms with Gasteiger partial charge in [0, 0.05) is 12.8 Å². The molecule has 130 valence electrons. The zero-order valence-corrected chi connectivity index (χ0v) is 15.2. The predicted molar refractivity (Wildman–Crippen MR) is 91.9 cm³/mol. The minimum Gasteiger partial charge on any atom is -0.392 e. The molecule has 0 aliphatic heterocycles. The smallest absolute Gasteiger partial charge is 0.133 e. The van der Waals surface area contributed by atoms with Crippen molar-refractivity contribution in [1.82, 2.24) is 0 Å². The quantitative estimate of drug-likeness (QED) is 0.767. The second kappa shape index (κ2) is 5.31. The van der Waals surface area contributed by atoms with Crippen molar-refractivity contribution in [3.63, 3.8) is 0 Å². The van der Waals surface area contributed by atoms with E-state index in [4.69, 9.17) is 0 Å².